The number of nitrogens with zero attached hydrogens (tertiary/aromatic N) is 4. The minimum atomic E-state index is 0.979. The van der Waals surface area contributed by atoms with Gasteiger partial charge in [-0.05, 0) is 70.8 Å². The summed E-state index contributed by atoms with van der Waals surface area (Å²) in [5, 5.41) is 9.89. The normalized spacial score (nSPS) is 12.3. The monoisotopic (exact) mass is 710 g/mol. The molecule has 0 spiro atoms. The summed E-state index contributed by atoms with van der Waals surface area (Å²) in [5.74, 6) is 0. The Balaban J connectivity index is 1.18. The number of pyridine rings is 2. The van der Waals surface area contributed by atoms with Crippen LogP contribution in [0.1, 0.15) is 0 Å². The van der Waals surface area contributed by atoms with Crippen LogP contribution in [0, 0.1) is 0 Å². The standard InChI is InChI=1S/C52H30N4/c1-5-13-31(14-6-1)35-21-41-37-25-38-42-22-36(32-15-7-2-8-16-32)24-44-40-27-46(34-19-11-4-12-20-34)54-30-50(40)56(52(42)44)48(38)28-47(37)55-49-29-53-45(33-17-9-3-10-18-33)26-39(49)43(23-35)51(41)55/h1-30H. The van der Waals surface area contributed by atoms with Gasteiger partial charge < -0.3 is 8.80 Å². The maximum atomic E-state index is 5.06. The molecule has 0 radical (unpaired) electrons. The van der Waals surface area contributed by atoms with E-state index in [9.17, 15) is 0 Å². The molecule has 6 heterocycles. The predicted molar refractivity (Wildman–Crippen MR) is 233 cm³/mol. The Bertz CT molecular complexity index is 3420. The van der Waals surface area contributed by atoms with Gasteiger partial charge in [-0.25, -0.2) is 0 Å². The highest BCUT2D eigenvalue weighted by molar-refractivity contribution is 6.30. The minimum absolute atomic E-state index is 0.979. The lowest BCUT2D eigenvalue weighted by Crippen LogP contribution is -1.87. The molecule has 0 aliphatic heterocycles. The number of hydrogen-bond acceptors (Lipinski definition) is 2. The molecule has 13 aromatic rings. The molecule has 0 aliphatic carbocycles. The molecular formula is C52H30N4. The average molecular weight is 711 g/mol. The second-order valence-corrected chi connectivity index (χ2v) is 15.0. The van der Waals surface area contributed by atoms with Crippen LogP contribution in [0.3, 0.4) is 0 Å². The molecule has 0 unspecified atom stereocenters. The molecule has 0 bridgehead atoms. The van der Waals surface area contributed by atoms with E-state index in [1.165, 1.54) is 87.4 Å². The maximum absolute atomic E-state index is 5.06. The first-order valence-corrected chi connectivity index (χ1v) is 19.1. The third-order valence-corrected chi connectivity index (χ3v) is 12.0. The zero-order valence-corrected chi connectivity index (χ0v) is 30.1. The molecule has 56 heavy (non-hydrogen) atoms. The molecular weight excluding hydrogens is 681 g/mol. The molecule has 7 aromatic carbocycles. The fraction of sp³-hybridized carbons (Fsp3) is 0. The first-order valence-electron chi connectivity index (χ1n) is 19.1. The summed E-state index contributed by atoms with van der Waals surface area (Å²) in [5.41, 5.74) is 16.1. The summed E-state index contributed by atoms with van der Waals surface area (Å²) in [6.45, 7) is 0. The van der Waals surface area contributed by atoms with E-state index in [1.807, 2.05) is 0 Å². The van der Waals surface area contributed by atoms with E-state index >= 15 is 0 Å². The molecule has 0 N–H and O–H groups in total. The number of aromatic nitrogens is 4. The molecule has 4 nitrogen and oxygen atoms in total. The van der Waals surface area contributed by atoms with Crippen LogP contribution in [0.4, 0.5) is 0 Å². The smallest absolute Gasteiger partial charge is 0.0725 e. The van der Waals surface area contributed by atoms with Crippen LogP contribution in [0.25, 0.3) is 121 Å². The van der Waals surface area contributed by atoms with Crippen molar-refractivity contribution >= 4 is 76.2 Å². The van der Waals surface area contributed by atoms with Gasteiger partial charge in [0.2, 0.25) is 0 Å². The summed E-state index contributed by atoms with van der Waals surface area (Å²) >= 11 is 0. The molecule has 0 fully saturated rings. The lowest BCUT2D eigenvalue weighted by molar-refractivity contribution is 1.29. The van der Waals surface area contributed by atoms with Crippen molar-refractivity contribution in [2.75, 3.05) is 0 Å². The van der Waals surface area contributed by atoms with Crippen molar-refractivity contribution in [1.29, 1.82) is 0 Å². The molecule has 0 saturated carbocycles. The van der Waals surface area contributed by atoms with Gasteiger partial charge in [0.15, 0.2) is 0 Å². The lowest BCUT2D eigenvalue weighted by atomic mass is 9.97. The fourth-order valence-corrected chi connectivity index (χ4v) is 9.50. The number of benzene rings is 7. The lowest BCUT2D eigenvalue weighted by Gasteiger charge is -2.06. The van der Waals surface area contributed by atoms with Gasteiger partial charge in [-0.3, -0.25) is 9.97 Å². The Morgan fingerprint density at radius 3 is 0.982 bits per heavy atom. The molecule has 6 aromatic heterocycles. The quantitative estimate of drug-likeness (QED) is 0.182. The molecule has 13 rings (SSSR count). The van der Waals surface area contributed by atoms with Crippen LogP contribution in [0.15, 0.2) is 182 Å². The Morgan fingerprint density at radius 2 is 0.607 bits per heavy atom. The molecule has 0 aliphatic rings. The van der Waals surface area contributed by atoms with Crippen LogP contribution in [-0.2, 0) is 0 Å². The van der Waals surface area contributed by atoms with Gasteiger partial charge in [0.1, 0.15) is 0 Å². The highest BCUT2D eigenvalue weighted by atomic mass is 15.0. The van der Waals surface area contributed by atoms with Crippen molar-refractivity contribution in [2.45, 2.75) is 0 Å². The highest BCUT2D eigenvalue weighted by Gasteiger charge is 2.24. The first kappa shape index (κ1) is 29.8. The third kappa shape index (κ3) is 4.02. The SMILES string of the molecule is c1ccc(-c2cc3c4cc(-c5ccccc5)ncc4n4c5cc6c(cc5c(c2)c34)c2cc(-c3ccccc3)cc3c4cc(-c5ccccc5)ncc4n6c32)cc1. The summed E-state index contributed by atoms with van der Waals surface area (Å²) in [6, 6.07) is 61.5. The molecule has 0 saturated heterocycles. The van der Waals surface area contributed by atoms with Crippen LogP contribution in [0.2, 0.25) is 0 Å². The summed E-state index contributed by atoms with van der Waals surface area (Å²) in [7, 11) is 0. The second-order valence-electron chi connectivity index (χ2n) is 15.0. The van der Waals surface area contributed by atoms with E-state index in [4.69, 9.17) is 9.97 Å². The van der Waals surface area contributed by atoms with Crippen molar-refractivity contribution in [1.82, 2.24) is 18.8 Å². The van der Waals surface area contributed by atoms with E-state index in [0.717, 1.165) is 33.5 Å². The Labute approximate surface area is 320 Å². The topological polar surface area (TPSA) is 34.6 Å². The summed E-state index contributed by atoms with van der Waals surface area (Å²) < 4.78 is 4.92. The Kier molecular flexibility index (Phi) is 5.86. The largest absolute Gasteiger partial charge is 0.306 e. The van der Waals surface area contributed by atoms with Crippen molar-refractivity contribution in [2.24, 2.45) is 0 Å². The highest BCUT2D eigenvalue weighted by Crippen LogP contribution is 2.47. The number of rotatable bonds is 4. The van der Waals surface area contributed by atoms with Crippen LogP contribution < -0.4 is 0 Å². The van der Waals surface area contributed by atoms with Gasteiger partial charge >= 0.3 is 0 Å². The van der Waals surface area contributed by atoms with Crippen LogP contribution in [0.5, 0.6) is 0 Å². The van der Waals surface area contributed by atoms with Crippen molar-refractivity contribution in [3.05, 3.63) is 182 Å². The predicted octanol–water partition coefficient (Wildman–Crippen LogP) is 13.4. The van der Waals surface area contributed by atoms with Crippen LogP contribution in [-0.4, -0.2) is 18.8 Å². The van der Waals surface area contributed by atoms with Crippen molar-refractivity contribution in [3.63, 3.8) is 0 Å². The van der Waals surface area contributed by atoms with E-state index < -0.39 is 0 Å². The van der Waals surface area contributed by atoms with E-state index in [0.29, 0.717) is 0 Å². The molecule has 258 valence electrons. The van der Waals surface area contributed by atoms with E-state index in [2.05, 4.69) is 191 Å². The van der Waals surface area contributed by atoms with Gasteiger partial charge in [0.05, 0.1) is 56.9 Å². The minimum Gasteiger partial charge on any atom is -0.306 e. The summed E-state index contributed by atoms with van der Waals surface area (Å²) in [6.07, 6.45) is 4.15. The van der Waals surface area contributed by atoms with Gasteiger partial charge in [0.25, 0.3) is 0 Å². The van der Waals surface area contributed by atoms with E-state index in [1.54, 1.807) is 0 Å². The molecule has 4 heteroatoms. The van der Waals surface area contributed by atoms with Crippen LogP contribution >= 0.6 is 0 Å². The Morgan fingerprint density at radius 1 is 0.268 bits per heavy atom. The first-order chi connectivity index (χ1) is 27.8. The Hall–Kier alpha value is -7.56. The third-order valence-electron chi connectivity index (χ3n) is 12.0. The maximum Gasteiger partial charge on any atom is 0.0725 e. The van der Waals surface area contributed by atoms with Gasteiger partial charge in [-0.15, -0.1) is 0 Å². The molecule has 0 amide bonds. The second kappa shape index (κ2) is 11.0. The van der Waals surface area contributed by atoms with Crippen molar-refractivity contribution < 1.29 is 0 Å². The van der Waals surface area contributed by atoms with E-state index in [-0.39, 0.29) is 0 Å². The fourth-order valence-electron chi connectivity index (χ4n) is 9.50. The number of hydrogen-bond donors (Lipinski definition) is 0. The number of fused-ring (bicyclic) bond motifs is 12. The zero-order chi connectivity index (χ0) is 36.5. The molecule has 0 atom stereocenters. The van der Waals surface area contributed by atoms with Gasteiger partial charge in [0, 0.05) is 54.2 Å². The van der Waals surface area contributed by atoms with Crippen molar-refractivity contribution in [3.8, 4) is 44.8 Å². The summed E-state index contributed by atoms with van der Waals surface area (Å²) in [4.78, 5) is 10.1. The zero-order valence-electron chi connectivity index (χ0n) is 30.1. The average Bonchev–Trinajstić information content (AvgIpc) is 3.99. The van der Waals surface area contributed by atoms with Gasteiger partial charge in [-0.2, -0.15) is 0 Å². The van der Waals surface area contributed by atoms with Gasteiger partial charge in [-0.1, -0.05) is 121 Å².